The van der Waals surface area contributed by atoms with Crippen LogP contribution < -0.4 is 0 Å². The molecule has 0 radical (unpaired) electrons. The van der Waals surface area contributed by atoms with E-state index in [9.17, 15) is 0 Å². The minimum atomic E-state index is -0.0989. The van der Waals surface area contributed by atoms with Crippen molar-refractivity contribution in [2.75, 3.05) is 0 Å². The Bertz CT molecular complexity index is 2480. The van der Waals surface area contributed by atoms with Gasteiger partial charge in [0.1, 0.15) is 0 Å². The Labute approximate surface area is 282 Å². The van der Waals surface area contributed by atoms with Crippen LogP contribution in [0.3, 0.4) is 0 Å². The fourth-order valence-corrected chi connectivity index (χ4v) is 9.57. The van der Waals surface area contributed by atoms with Gasteiger partial charge in [-0.2, -0.15) is 0 Å². The van der Waals surface area contributed by atoms with E-state index >= 15 is 0 Å². The fraction of sp³-hybridized carbons (Fsp3) is 0.125. The molecule has 10 rings (SSSR count). The highest BCUT2D eigenvalue weighted by Crippen LogP contribution is 2.55. The minimum absolute atomic E-state index is 0.0989. The Morgan fingerprint density at radius 1 is 0.312 bits per heavy atom. The monoisotopic (exact) mass is 612 g/mol. The first-order chi connectivity index (χ1) is 23.4. The Kier molecular flexibility index (Phi) is 5.50. The smallest absolute Gasteiger partial charge is 0.0165 e. The van der Waals surface area contributed by atoms with Crippen LogP contribution in [-0.2, 0) is 10.8 Å². The van der Waals surface area contributed by atoms with Gasteiger partial charge in [-0.3, -0.25) is 0 Å². The second-order valence-corrected chi connectivity index (χ2v) is 14.8. The van der Waals surface area contributed by atoms with Crippen molar-refractivity contribution in [3.63, 3.8) is 0 Å². The van der Waals surface area contributed by atoms with Gasteiger partial charge in [-0.1, -0.05) is 161 Å². The molecule has 0 aliphatic heterocycles. The van der Waals surface area contributed by atoms with Crippen molar-refractivity contribution in [1.29, 1.82) is 0 Å². The molecule has 0 atom stereocenters. The maximum absolute atomic E-state index is 2.49. The maximum atomic E-state index is 2.49. The summed E-state index contributed by atoms with van der Waals surface area (Å²) in [6.45, 7) is 9.58. The highest BCUT2D eigenvalue weighted by Gasteiger charge is 2.39. The van der Waals surface area contributed by atoms with Crippen molar-refractivity contribution >= 4 is 32.3 Å². The molecule has 0 nitrogen and oxygen atoms in total. The van der Waals surface area contributed by atoms with Crippen LogP contribution in [-0.4, -0.2) is 0 Å². The quantitative estimate of drug-likeness (QED) is 0.170. The summed E-state index contributed by atoms with van der Waals surface area (Å²) >= 11 is 0. The second-order valence-electron chi connectivity index (χ2n) is 14.8. The predicted molar refractivity (Wildman–Crippen MR) is 205 cm³/mol. The number of hydrogen-bond acceptors (Lipinski definition) is 0. The molecule has 0 N–H and O–H groups in total. The number of fused-ring (bicyclic) bond motifs is 11. The largest absolute Gasteiger partial charge is 0.0619 e. The van der Waals surface area contributed by atoms with Crippen LogP contribution >= 0.6 is 0 Å². The third kappa shape index (κ3) is 3.50. The molecule has 0 unspecified atom stereocenters. The van der Waals surface area contributed by atoms with Crippen molar-refractivity contribution in [3.05, 3.63) is 168 Å². The van der Waals surface area contributed by atoms with Crippen LogP contribution in [0.4, 0.5) is 0 Å². The van der Waals surface area contributed by atoms with E-state index < -0.39 is 0 Å². The van der Waals surface area contributed by atoms with Gasteiger partial charge >= 0.3 is 0 Å². The number of benzene rings is 8. The summed E-state index contributed by atoms with van der Waals surface area (Å²) in [6.07, 6.45) is 0. The van der Waals surface area contributed by atoms with E-state index in [1.54, 1.807) is 0 Å². The molecular formula is C48H36. The van der Waals surface area contributed by atoms with Crippen LogP contribution in [0.5, 0.6) is 0 Å². The third-order valence-corrected chi connectivity index (χ3v) is 11.6. The van der Waals surface area contributed by atoms with E-state index in [2.05, 4.69) is 173 Å². The summed E-state index contributed by atoms with van der Waals surface area (Å²) in [7, 11) is 0. The molecule has 8 aromatic rings. The summed E-state index contributed by atoms with van der Waals surface area (Å²) in [5.74, 6) is 0. The van der Waals surface area contributed by atoms with Crippen molar-refractivity contribution < 1.29 is 0 Å². The zero-order valence-electron chi connectivity index (χ0n) is 27.9. The van der Waals surface area contributed by atoms with Crippen LogP contribution in [0.25, 0.3) is 76.8 Å². The molecule has 48 heavy (non-hydrogen) atoms. The molecule has 0 saturated carbocycles. The Morgan fingerprint density at radius 2 is 0.646 bits per heavy atom. The molecule has 0 heteroatoms. The number of rotatable bonds is 2. The van der Waals surface area contributed by atoms with Crippen LogP contribution in [0, 0.1) is 0 Å². The first kappa shape index (κ1) is 27.6. The highest BCUT2D eigenvalue weighted by molar-refractivity contribution is 6.26. The van der Waals surface area contributed by atoms with Gasteiger partial charge in [0.15, 0.2) is 0 Å². The molecule has 0 fully saturated rings. The fourth-order valence-electron chi connectivity index (χ4n) is 9.57. The van der Waals surface area contributed by atoms with Crippen molar-refractivity contribution in [2.45, 2.75) is 38.5 Å². The first-order valence-electron chi connectivity index (χ1n) is 17.2. The third-order valence-electron chi connectivity index (χ3n) is 11.6. The standard InChI is InChI=1S/C48H36/c1-47(2)42-25-11-9-17-32(42)36-21-13-23-38(45(36)47)40-27-29-28-41(31-16-6-8-20-35(31)44(29)34-19-7-5-15-30(34)40)39-24-14-22-37-33-18-10-12-26-43(33)48(3,4)46(37)39/h5-28H,1-4H3. The Morgan fingerprint density at radius 3 is 1.08 bits per heavy atom. The molecule has 2 aliphatic carbocycles. The van der Waals surface area contributed by atoms with Crippen molar-refractivity contribution in [1.82, 2.24) is 0 Å². The lowest BCUT2D eigenvalue weighted by Crippen LogP contribution is -2.16. The summed E-state index contributed by atoms with van der Waals surface area (Å²) in [5.41, 5.74) is 16.2. The lowest BCUT2D eigenvalue weighted by atomic mass is 9.77. The van der Waals surface area contributed by atoms with E-state index in [0.29, 0.717) is 0 Å². The van der Waals surface area contributed by atoms with Gasteiger partial charge in [0.25, 0.3) is 0 Å². The summed E-state index contributed by atoms with van der Waals surface area (Å²) in [5, 5.41) is 7.85. The van der Waals surface area contributed by atoms with E-state index in [4.69, 9.17) is 0 Å². The van der Waals surface area contributed by atoms with Gasteiger partial charge in [-0.05, 0) is 111 Å². The molecule has 0 aromatic heterocycles. The minimum Gasteiger partial charge on any atom is -0.0619 e. The summed E-state index contributed by atoms with van der Waals surface area (Å²) in [6, 6.07) is 54.9. The van der Waals surface area contributed by atoms with Gasteiger partial charge in [-0.15, -0.1) is 0 Å². The molecule has 0 bridgehead atoms. The molecule has 2 aliphatic rings. The zero-order valence-corrected chi connectivity index (χ0v) is 27.9. The van der Waals surface area contributed by atoms with Crippen LogP contribution in [0.1, 0.15) is 49.9 Å². The Hall–Kier alpha value is -5.46. The van der Waals surface area contributed by atoms with Gasteiger partial charge in [0.05, 0.1) is 0 Å². The van der Waals surface area contributed by atoms with Crippen molar-refractivity contribution in [3.8, 4) is 44.5 Å². The molecule has 228 valence electrons. The molecule has 0 heterocycles. The molecule has 0 saturated heterocycles. The van der Waals surface area contributed by atoms with E-state index in [-0.39, 0.29) is 10.8 Å². The SMILES string of the molecule is CC1(C)c2ccccc2-c2cccc(-c3cc4cc(-c5cccc6c5C(C)(C)c5ccccc5-6)c5ccccc5c4c4ccccc34)c21. The van der Waals surface area contributed by atoms with E-state index in [0.717, 1.165) is 0 Å². The number of hydrogen-bond donors (Lipinski definition) is 0. The second kappa shape index (κ2) is 9.55. The molecular weight excluding hydrogens is 577 g/mol. The maximum Gasteiger partial charge on any atom is 0.0165 e. The van der Waals surface area contributed by atoms with Gasteiger partial charge in [0, 0.05) is 10.8 Å². The Balaban J connectivity index is 1.31. The van der Waals surface area contributed by atoms with Gasteiger partial charge in [0.2, 0.25) is 0 Å². The van der Waals surface area contributed by atoms with Crippen LogP contribution in [0.15, 0.2) is 146 Å². The topological polar surface area (TPSA) is 0 Å². The zero-order chi connectivity index (χ0) is 32.4. The summed E-state index contributed by atoms with van der Waals surface area (Å²) < 4.78 is 0. The van der Waals surface area contributed by atoms with Crippen molar-refractivity contribution in [2.24, 2.45) is 0 Å². The van der Waals surface area contributed by atoms with Gasteiger partial charge in [-0.25, -0.2) is 0 Å². The van der Waals surface area contributed by atoms with E-state index in [1.165, 1.54) is 99.1 Å². The average Bonchev–Trinajstić information content (AvgIpc) is 3.51. The highest BCUT2D eigenvalue weighted by atomic mass is 14.4. The predicted octanol–water partition coefficient (Wildman–Crippen LogP) is 13.1. The molecule has 0 spiro atoms. The average molecular weight is 613 g/mol. The summed E-state index contributed by atoms with van der Waals surface area (Å²) in [4.78, 5) is 0. The molecule has 8 aromatic carbocycles. The first-order valence-corrected chi connectivity index (χ1v) is 17.2. The lowest BCUT2D eigenvalue weighted by Gasteiger charge is -2.26. The van der Waals surface area contributed by atoms with Crippen LogP contribution in [0.2, 0.25) is 0 Å². The normalized spacial score (nSPS) is 15.0. The van der Waals surface area contributed by atoms with Gasteiger partial charge < -0.3 is 0 Å². The molecule has 0 amide bonds. The van der Waals surface area contributed by atoms with E-state index in [1.807, 2.05) is 0 Å². The lowest BCUT2D eigenvalue weighted by molar-refractivity contribution is 0.662.